The second-order valence-corrected chi connectivity index (χ2v) is 3.90. The lowest BCUT2D eigenvalue weighted by Crippen LogP contribution is -2.31. The van der Waals surface area contributed by atoms with Gasteiger partial charge in [-0.3, -0.25) is 10.5 Å². The molecule has 2 aromatic rings. The zero-order valence-electron chi connectivity index (χ0n) is 10.0. The van der Waals surface area contributed by atoms with Crippen molar-refractivity contribution in [3.05, 3.63) is 29.8 Å². The Hall–Kier alpha value is -1.73. The van der Waals surface area contributed by atoms with Gasteiger partial charge in [0.1, 0.15) is 6.04 Å². The standard InChI is InChI=1S/C10H17N7/c1-3-5-17-9(7-12-15-17)10(13-11)8-4-6-16(2)14-8/h4,6-7,10,13H,3,5,11H2,1-2H3. The molecular formula is C10H17N7. The monoisotopic (exact) mass is 235 g/mol. The zero-order valence-corrected chi connectivity index (χ0v) is 10.0. The number of nitrogens with zero attached hydrogens (tertiary/aromatic N) is 5. The first-order valence-corrected chi connectivity index (χ1v) is 5.60. The topological polar surface area (TPSA) is 86.6 Å². The molecule has 0 spiro atoms. The maximum atomic E-state index is 5.60. The number of hydrogen-bond acceptors (Lipinski definition) is 5. The number of hydrazine groups is 1. The number of nitrogens with two attached hydrogens (primary N) is 1. The summed E-state index contributed by atoms with van der Waals surface area (Å²) in [6, 6.07) is 1.74. The summed E-state index contributed by atoms with van der Waals surface area (Å²) in [4.78, 5) is 0. The van der Waals surface area contributed by atoms with Crippen LogP contribution in [0.1, 0.15) is 30.8 Å². The van der Waals surface area contributed by atoms with Crippen LogP contribution in [-0.2, 0) is 13.6 Å². The third kappa shape index (κ3) is 2.34. The number of aromatic nitrogens is 5. The molecule has 2 rings (SSSR count). The lowest BCUT2D eigenvalue weighted by molar-refractivity contribution is 0.503. The quantitative estimate of drug-likeness (QED) is 0.561. The molecule has 92 valence electrons. The van der Waals surface area contributed by atoms with Crippen LogP contribution >= 0.6 is 0 Å². The molecule has 17 heavy (non-hydrogen) atoms. The summed E-state index contributed by atoms with van der Waals surface area (Å²) in [6.45, 7) is 2.91. The van der Waals surface area contributed by atoms with Crippen molar-refractivity contribution in [3.8, 4) is 0 Å². The van der Waals surface area contributed by atoms with Gasteiger partial charge in [0, 0.05) is 19.8 Å². The molecule has 0 radical (unpaired) electrons. The lowest BCUT2D eigenvalue weighted by Gasteiger charge is -2.14. The fourth-order valence-electron chi connectivity index (χ4n) is 1.78. The second-order valence-electron chi connectivity index (χ2n) is 3.90. The van der Waals surface area contributed by atoms with Gasteiger partial charge in [-0.05, 0) is 12.5 Å². The molecule has 1 atom stereocenters. The molecule has 2 heterocycles. The zero-order chi connectivity index (χ0) is 12.3. The van der Waals surface area contributed by atoms with E-state index in [-0.39, 0.29) is 6.04 Å². The van der Waals surface area contributed by atoms with Crippen LogP contribution in [0.2, 0.25) is 0 Å². The Labute approximate surface area is 99.6 Å². The van der Waals surface area contributed by atoms with Gasteiger partial charge in [0.25, 0.3) is 0 Å². The SMILES string of the molecule is CCCn1nncc1C(NN)c1ccn(C)n1. The molecule has 0 aliphatic carbocycles. The summed E-state index contributed by atoms with van der Waals surface area (Å²) in [5.74, 6) is 5.60. The smallest absolute Gasteiger partial charge is 0.108 e. The molecule has 2 aromatic heterocycles. The van der Waals surface area contributed by atoms with E-state index in [0.717, 1.165) is 24.4 Å². The van der Waals surface area contributed by atoms with E-state index >= 15 is 0 Å². The van der Waals surface area contributed by atoms with E-state index in [9.17, 15) is 0 Å². The van der Waals surface area contributed by atoms with Gasteiger partial charge < -0.3 is 0 Å². The Balaban J connectivity index is 2.31. The van der Waals surface area contributed by atoms with E-state index in [1.54, 1.807) is 10.9 Å². The van der Waals surface area contributed by atoms with Crippen molar-refractivity contribution >= 4 is 0 Å². The van der Waals surface area contributed by atoms with E-state index < -0.39 is 0 Å². The van der Waals surface area contributed by atoms with Gasteiger partial charge >= 0.3 is 0 Å². The van der Waals surface area contributed by atoms with Gasteiger partial charge in [0.05, 0.1) is 17.6 Å². The summed E-state index contributed by atoms with van der Waals surface area (Å²) >= 11 is 0. The first kappa shape index (κ1) is 11.7. The van der Waals surface area contributed by atoms with Crippen molar-refractivity contribution in [1.82, 2.24) is 30.2 Å². The van der Waals surface area contributed by atoms with Crippen LogP contribution in [0, 0.1) is 0 Å². The van der Waals surface area contributed by atoms with Crippen molar-refractivity contribution in [2.45, 2.75) is 25.9 Å². The molecule has 0 aromatic carbocycles. The Morgan fingerprint density at radius 1 is 1.53 bits per heavy atom. The Kier molecular flexibility index (Phi) is 3.50. The van der Waals surface area contributed by atoms with Crippen molar-refractivity contribution in [3.63, 3.8) is 0 Å². The van der Waals surface area contributed by atoms with Gasteiger partial charge in [-0.25, -0.2) is 10.1 Å². The third-order valence-corrected chi connectivity index (χ3v) is 2.58. The molecule has 0 saturated carbocycles. The van der Waals surface area contributed by atoms with Gasteiger partial charge in [-0.1, -0.05) is 12.1 Å². The summed E-state index contributed by atoms with van der Waals surface area (Å²) in [5.41, 5.74) is 4.54. The van der Waals surface area contributed by atoms with Crippen LogP contribution in [-0.4, -0.2) is 24.8 Å². The molecule has 1 unspecified atom stereocenters. The van der Waals surface area contributed by atoms with Gasteiger partial charge in [-0.15, -0.1) is 5.10 Å². The summed E-state index contributed by atoms with van der Waals surface area (Å²) in [7, 11) is 1.87. The maximum Gasteiger partial charge on any atom is 0.108 e. The highest BCUT2D eigenvalue weighted by Gasteiger charge is 2.19. The largest absolute Gasteiger partial charge is 0.275 e. The summed E-state index contributed by atoms with van der Waals surface area (Å²) < 4.78 is 3.59. The molecule has 0 amide bonds. The molecule has 7 nitrogen and oxygen atoms in total. The predicted molar refractivity (Wildman–Crippen MR) is 62.7 cm³/mol. The molecule has 0 saturated heterocycles. The molecule has 0 aliphatic heterocycles. The molecule has 0 fully saturated rings. The van der Waals surface area contributed by atoms with E-state index in [1.165, 1.54) is 0 Å². The summed E-state index contributed by atoms with van der Waals surface area (Å²) in [6.07, 6.45) is 4.60. The molecule has 7 heteroatoms. The van der Waals surface area contributed by atoms with Gasteiger partial charge in [0.15, 0.2) is 0 Å². The number of hydrogen-bond donors (Lipinski definition) is 2. The minimum atomic E-state index is -0.183. The fraction of sp³-hybridized carbons (Fsp3) is 0.500. The highest BCUT2D eigenvalue weighted by atomic mass is 15.4. The number of rotatable bonds is 5. The first-order valence-electron chi connectivity index (χ1n) is 5.60. The first-order chi connectivity index (χ1) is 8.26. The second kappa shape index (κ2) is 5.07. The predicted octanol–water partition coefficient (Wildman–Crippen LogP) is -0.0257. The summed E-state index contributed by atoms with van der Waals surface area (Å²) in [5, 5.41) is 12.3. The number of nitrogens with one attached hydrogen (secondary N) is 1. The molecule has 0 aliphatic rings. The van der Waals surface area contributed by atoms with Crippen molar-refractivity contribution in [1.29, 1.82) is 0 Å². The van der Waals surface area contributed by atoms with Crippen molar-refractivity contribution in [2.24, 2.45) is 12.9 Å². The lowest BCUT2D eigenvalue weighted by atomic mass is 10.1. The number of aryl methyl sites for hydroxylation is 2. The fourth-order valence-corrected chi connectivity index (χ4v) is 1.78. The van der Waals surface area contributed by atoms with Crippen LogP contribution in [0.4, 0.5) is 0 Å². The van der Waals surface area contributed by atoms with Crippen LogP contribution in [0.3, 0.4) is 0 Å². The van der Waals surface area contributed by atoms with Crippen LogP contribution in [0.5, 0.6) is 0 Å². The average Bonchev–Trinajstić information content (AvgIpc) is 2.91. The highest BCUT2D eigenvalue weighted by Crippen LogP contribution is 2.18. The molecule has 0 bridgehead atoms. The van der Waals surface area contributed by atoms with Crippen LogP contribution in [0.15, 0.2) is 18.5 Å². The van der Waals surface area contributed by atoms with Crippen LogP contribution < -0.4 is 11.3 Å². The normalized spacial score (nSPS) is 12.9. The minimum Gasteiger partial charge on any atom is -0.275 e. The van der Waals surface area contributed by atoms with Crippen LogP contribution in [0.25, 0.3) is 0 Å². The van der Waals surface area contributed by atoms with E-state index in [2.05, 4.69) is 27.8 Å². The van der Waals surface area contributed by atoms with E-state index in [1.807, 2.05) is 24.0 Å². The average molecular weight is 235 g/mol. The Morgan fingerprint density at radius 2 is 2.35 bits per heavy atom. The van der Waals surface area contributed by atoms with Gasteiger partial charge in [0.2, 0.25) is 0 Å². The molecule has 3 N–H and O–H groups in total. The third-order valence-electron chi connectivity index (χ3n) is 2.58. The minimum absolute atomic E-state index is 0.183. The molecular weight excluding hydrogens is 218 g/mol. The Morgan fingerprint density at radius 3 is 2.94 bits per heavy atom. The highest BCUT2D eigenvalue weighted by molar-refractivity contribution is 5.18. The Bertz CT molecular complexity index is 472. The van der Waals surface area contributed by atoms with Gasteiger partial charge in [-0.2, -0.15) is 5.10 Å². The van der Waals surface area contributed by atoms with Crippen molar-refractivity contribution in [2.75, 3.05) is 0 Å². The van der Waals surface area contributed by atoms with E-state index in [4.69, 9.17) is 5.84 Å². The van der Waals surface area contributed by atoms with E-state index in [0.29, 0.717) is 0 Å². The van der Waals surface area contributed by atoms with Crippen molar-refractivity contribution < 1.29 is 0 Å². The maximum absolute atomic E-state index is 5.60.